The molecule has 0 atom stereocenters. The number of hydrogen-bond acceptors (Lipinski definition) is 4. The molecule has 2 rings (SSSR count). The van der Waals surface area contributed by atoms with Crippen LogP contribution in [0.2, 0.25) is 0 Å². The second kappa shape index (κ2) is 19.1. The molecule has 0 bridgehead atoms. The molecular formula is C30H42Cl2N2O2. The highest BCUT2D eigenvalue weighted by Gasteiger charge is 2.05. The number of aliphatic imine (C=N–C) groups is 2. The van der Waals surface area contributed by atoms with Gasteiger partial charge in [-0.15, -0.1) is 0 Å². The zero-order valence-electron chi connectivity index (χ0n) is 22.0. The maximum Gasteiger partial charge on any atom is 0.166 e. The molecule has 0 heterocycles. The van der Waals surface area contributed by atoms with Crippen LogP contribution in [0.15, 0.2) is 58.5 Å². The van der Waals surface area contributed by atoms with Crippen molar-refractivity contribution in [3.05, 3.63) is 48.5 Å². The van der Waals surface area contributed by atoms with Gasteiger partial charge in [0.25, 0.3) is 0 Å². The Morgan fingerprint density at radius 1 is 0.528 bits per heavy atom. The van der Waals surface area contributed by atoms with Gasteiger partial charge in [0.1, 0.15) is 11.5 Å². The van der Waals surface area contributed by atoms with Crippen LogP contribution in [0, 0.1) is 0 Å². The minimum Gasteiger partial charge on any atom is -0.494 e. The average molecular weight is 534 g/mol. The third-order valence-electron chi connectivity index (χ3n) is 5.83. The average Bonchev–Trinajstić information content (AvgIpc) is 2.89. The van der Waals surface area contributed by atoms with E-state index in [4.69, 9.17) is 32.7 Å². The molecule has 0 aromatic heterocycles. The minimum absolute atomic E-state index is 0.140. The summed E-state index contributed by atoms with van der Waals surface area (Å²) >= 11 is 12.6. The predicted octanol–water partition coefficient (Wildman–Crippen LogP) is 10.4. The summed E-state index contributed by atoms with van der Waals surface area (Å²) < 4.78 is 11.6. The van der Waals surface area contributed by atoms with E-state index in [0.29, 0.717) is 11.4 Å². The smallest absolute Gasteiger partial charge is 0.166 e. The van der Waals surface area contributed by atoms with Crippen molar-refractivity contribution in [3.63, 3.8) is 0 Å². The van der Waals surface area contributed by atoms with Crippen molar-refractivity contribution in [2.75, 3.05) is 13.2 Å². The Morgan fingerprint density at radius 2 is 0.861 bits per heavy atom. The number of unbranched alkanes of at least 4 members (excludes halogenated alkanes) is 10. The van der Waals surface area contributed by atoms with Crippen molar-refractivity contribution in [1.29, 1.82) is 0 Å². The van der Waals surface area contributed by atoms with E-state index in [1.54, 1.807) is 0 Å². The molecule has 0 radical (unpaired) electrons. The van der Waals surface area contributed by atoms with Crippen LogP contribution < -0.4 is 9.47 Å². The molecule has 0 amide bonds. The Labute approximate surface area is 228 Å². The molecule has 2 aromatic rings. The SMILES string of the molecule is CCCCCCCCOc1ccc(N=C(Cl)C(Cl)=Nc2ccc(OCCCCCCCC)cc2)cc1. The number of halogens is 2. The minimum atomic E-state index is 0.140. The van der Waals surface area contributed by atoms with Gasteiger partial charge in [0, 0.05) is 0 Å². The molecule has 0 N–H and O–H groups in total. The van der Waals surface area contributed by atoms with Crippen molar-refractivity contribution in [2.24, 2.45) is 9.98 Å². The first-order chi connectivity index (χ1) is 17.6. The van der Waals surface area contributed by atoms with Crippen LogP contribution in [0.4, 0.5) is 11.4 Å². The van der Waals surface area contributed by atoms with Crippen LogP contribution in [0.3, 0.4) is 0 Å². The highest BCUT2D eigenvalue weighted by atomic mass is 35.5. The fourth-order valence-electron chi connectivity index (χ4n) is 3.70. The molecule has 0 saturated heterocycles. The lowest BCUT2D eigenvalue weighted by Gasteiger charge is -2.07. The van der Waals surface area contributed by atoms with Crippen molar-refractivity contribution < 1.29 is 9.47 Å². The fourth-order valence-corrected chi connectivity index (χ4v) is 3.98. The molecule has 0 saturated carbocycles. The highest BCUT2D eigenvalue weighted by molar-refractivity contribution is 7.00. The molecule has 0 spiro atoms. The largest absolute Gasteiger partial charge is 0.494 e. The van der Waals surface area contributed by atoms with Crippen molar-refractivity contribution in [2.45, 2.75) is 90.9 Å². The Kier molecular flexibility index (Phi) is 16.0. The Bertz CT molecular complexity index is 821. The van der Waals surface area contributed by atoms with Crippen molar-refractivity contribution >= 4 is 44.9 Å². The van der Waals surface area contributed by atoms with E-state index in [2.05, 4.69) is 23.8 Å². The van der Waals surface area contributed by atoms with Gasteiger partial charge in [-0.05, 0) is 61.4 Å². The van der Waals surface area contributed by atoms with Gasteiger partial charge in [0.05, 0.1) is 24.6 Å². The van der Waals surface area contributed by atoms with Gasteiger partial charge in [-0.1, -0.05) is 101 Å². The fraction of sp³-hybridized carbons (Fsp3) is 0.533. The van der Waals surface area contributed by atoms with Gasteiger partial charge in [-0.2, -0.15) is 0 Å². The van der Waals surface area contributed by atoms with E-state index >= 15 is 0 Å². The summed E-state index contributed by atoms with van der Waals surface area (Å²) in [5.74, 6) is 1.66. The summed E-state index contributed by atoms with van der Waals surface area (Å²) in [5, 5.41) is 0.279. The summed E-state index contributed by atoms with van der Waals surface area (Å²) in [5.41, 5.74) is 1.39. The van der Waals surface area contributed by atoms with E-state index in [1.807, 2.05) is 48.5 Å². The molecular weight excluding hydrogens is 491 g/mol. The highest BCUT2D eigenvalue weighted by Crippen LogP contribution is 2.22. The number of benzene rings is 2. The van der Waals surface area contributed by atoms with E-state index in [0.717, 1.165) is 37.6 Å². The van der Waals surface area contributed by atoms with E-state index in [9.17, 15) is 0 Å². The van der Waals surface area contributed by atoms with Gasteiger partial charge < -0.3 is 9.47 Å². The summed E-state index contributed by atoms with van der Waals surface area (Å²) in [6, 6.07) is 15.0. The lowest BCUT2D eigenvalue weighted by molar-refractivity contribution is 0.304. The Hall–Kier alpha value is -2.04. The number of rotatable bonds is 19. The van der Waals surface area contributed by atoms with E-state index < -0.39 is 0 Å². The molecule has 0 aliphatic rings. The molecule has 0 aliphatic heterocycles. The summed E-state index contributed by atoms with van der Waals surface area (Å²) in [4.78, 5) is 8.74. The lowest BCUT2D eigenvalue weighted by atomic mass is 10.1. The summed E-state index contributed by atoms with van der Waals surface area (Å²) in [6.45, 7) is 5.93. The molecule has 2 aromatic carbocycles. The maximum atomic E-state index is 6.30. The monoisotopic (exact) mass is 532 g/mol. The normalized spacial score (nSPS) is 12.1. The lowest BCUT2D eigenvalue weighted by Crippen LogP contribution is -1.99. The molecule has 0 fully saturated rings. The molecule has 0 unspecified atom stereocenters. The maximum absolute atomic E-state index is 6.30. The Morgan fingerprint density at radius 3 is 1.22 bits per heavy atom. The van der Waals surface area contributed by atoms with Gasteiger partial charge >= 0.3 is 0 Å². The number of hydrogen-bond donors (Lipinski definition) is 0. The van der Waals surface area contributed by atoms with Crippen molar-refractivity contribution in [1.82, 2.24) is 0 Å². The van der Waals surface area contributed by atoms with Gasteiger partial charge in [0.2, 0.25) is 0 Å². The quantitative estimate of drug-likeness (QED) is 0.133. The van der Waals surface area contributed by atoms with Crippen LogP contribution in [0.1, 0.15) is 90.9 Å². The molecule has 36 heavy (non-hydrogen) atoms. The van der Waals surface area contributed by atoms with E-state index in [1.165, 1.54) is 64.2 Å². The standard InChI is InChI=1S/C30H42Cl2N2O2/c1-3-5-7-9-11-13-23-35-27-19-15-25(16-20-27)33-29(31)30(32)34-26-17-21-28(22-18-26)36-24-14-12-10-8-6-4-2/h15-22H,3-14,23-24H2,1-2H3. The second-order valence-electron chi connectivity index (χ2n) is 9.03. The first-order valence-corrected chi connectivity index (χ1v) is 14.3. The van der Waals surface area contributed by atoms with Gasteiger partial charge in [-0.25, -0.2) is 9.98 Å². The third kappa shape index (κ3) is 13.3. The molecule has 198 valence electrons. The first kappa shape index (κ1) is 30.2. The molecule has 0 aliphatic carbocycles. The van der Waals surface area contributed by atoms with Crippen LogP contribution in [0.5, 0.6) is 11.5 Å². The molecule has 6 heteroatoms. The topological polar surface area (TPSA) is 43.2 Å². The molecule has 4 nitrogen and oxygen atoms in total. The Balaban J connectivity index is 1.75. The van der Waals surface area contributed by atoms with Crippen LogP contribution in [-0.4, -0.2) is 23.6 Å². The zero-order chi connectivity index (χ0) is 25.8. The second-order valence-corrected chi connectivity index (χ2v) is 9.74. The number of nitrogens with zero attached hydrogens (tertiary/aromatic N) is 2. The number of ether oxygens (including phenoxy) is 2. The van der Waals surface area contributed by atoms with Crippen molar-refractivity contribution in [3.8, 4) is 11.5 Å². The van der Waals surface area contributed by atoms with E-state index in [-0.39, 0.29) is 10.3 Å². The van der Waals surface area contributed by atoms with Crippen LogP contribution in [0.25, 0.3) is 0 Å². The van der Waals surface area contributed by atoms with Gasteiger partial charge in [-0.3, -0.25) is 0 Å². The first-order valence-electron chi connectivity index (χ1n) is 13.6. The third-order valence-corrected chi connectivity index (χ3v) is 6.46. The predicted molar refractivity (Wildman–Crippen MR) is 157 cm³/mol. The summed E-state index contributed by atoms with van der Waals surface area (Å²) in [7, 11) is 0. The summed E-state index contributed by atoms with van der Waals surface area (Å²) in [6.07, 6.45) is 15.0. The van der Waals surface area contributed by atoms with Gasteiger partial charge in [0.15, 0.2) is 10.3 Å². The van der Waals surface area contributed by atoms with Crippen LogP contribution >= 0.6 is 23.2 Å². The van der Waals surface area contributed by atoms with Crippen LogP contribution in [-0.2, 0) is 0 Å². The zero-order valence-corrected chi connectivity index (χ0v) is 23.5.